The molecule has 2 amide bonds. The number of hydrogen-bond acceptors (Lipinski definition) is 3. The fourth-order valence-electron chi connectivity index (χ4n) is 2.60. The van der Waals surface area contributed by atoms with E-state index in [1.807, 2.05) is 24.3 Å². The van der Waals surface area contributed by atoms with Crippen LogP contribution in [0.25, 0.3) is 0 Å². The van der Waals surface area contributed by atoms with Crippen LogP contribution in [0.1, 0.15) is 37.7 Å². The first-order valence-electron chi connectivity index (χ1n) is 7.41. The Morgan fingerprint density at radius 1 is 1.14 bits per heavy atom. The van der Waals surface area contributed by atoms with Crippen LogP contribution in [0.3, 0.4) is 0 Å². The Balaban J connectivity index is 1.82. The number of nitrogens with one attached hydrogen (secondary N) is 2. The molecule has 1 aliphatic carbocycles. The maximum Gasteiger partial charge on any atom is 0.309 e. The van der Waals surface area contributed by atoms with Gasteiger partial charge in [0, 0.05) is 18.2 Å². The van der Waals surface area contributed by atoms with E-state index in [9.17, 15) is 9.59 Å². The normalized spacial score (nSPS) is 15.3. The van der Waals surface area contributed by atoms with Crippen molar-refractivity contribution in [3.8, 4) is 5.75 Å². The topological polar surface area (TPSA) is 67.4 Å². The molecule has 1 aliphatic rings. The molecule has 0 unspecified atom stereocenters. The molecule has 5 nitrogen and oxygen atoms in total. The van der Waals surface area contributed by atoms with Gasteiger partial charge in [-0.15, -0.1) is 0 Å². The largest absolute Gasteiger partial charge is 0.496 e. The maximum atomic E-state index is 11.8. The van der Waals surface area contributed by atoms with Crippen molar-refractivity contribution in [2.45, 2.75) is 44.7 Å². The molecule has 2 rings (SSSR count). The van der Waals surface area contributed by atoms with Gasteiger partial charge >= 0.3 is 11.8 Å². The minimum absolute atomic E-state index is 0.142. The van der Waals surface area contributed by atoms with E-state index in [-0.39, 0.29) is 12.6 Å². The predicted molar refractivity (Wildman–Crippen MR) is 79.9 cm³/mol. The summed E-state index contributed by atoms with van der Waals surface area (Å²) in [6.07, 6.45) is 5.38. The highest BCUT2D eigenvalue weighted by molar-refractivity contribution is 6.35. The summed E-state index contributed by atoms with van der Waals surface area (Å²) >= 11 is 0. The van der Waals surface area contributed by atoms with E-state index in [1.54, 1.807) is 7.11 Å². The van der Waals surface area contributed by atoms with Gasteiger partial charge in [-0.2, -0.15) is 0 Å². The highest BCUT2D eigenvalue weighted by Crippen LogP contribution is 2.18. The van der Waals surface area contributed by atoms with Gasteiger partial charge in [-0.25, -0.2) is 0 Å². The molecule has 0 aromatic heterocycles. The Kier molecular flexibility index (Phi) is 5.60. The number of carbonyl (C=O) groups is 2. The number of para-hydroxylation sites is 1. The highest BCUT2D eigenvalue weighted by atomic mass is 16.5. The number of carbonyl (C=O) groups excluding carboxylic acids is 2. The molecule has 5 heteroatoms. The molecule has 0 atom stereocenters. The first-order valence-corrected chi connectivity index (χ1v) is 7.41. The van der Waals surface area contributed by atoms with Crippen molar-refractivity contribution in [1.29, 1.82) is 0 Å². The molecule has 0 aliphatic heterocycles. The average Bonchev–Trinajstić information content (AvgIpc) is 2.53. The van der Waals surface area contributed by atoms with Crippen molar-refractivity contribution >= 4 is 11.8 Å². The Hall–Kier alpha value is -2.04. The quantitative estimate of drug-likeness (QED) is 0.830. The third-order valence-electron chi connectivity index (χ3n) is 3.78. The number of benzene rings is 1. The minimum Gasteiger partial charge on any atom is -0.496 e. The van der Waals surface area contributed by atoms with Crippen LogP contribution in [0.15, 0.2) is 24.3 Å². The summed E-state index contributed by atoms with van der Waals surface area (Å²) < 4.78 is 5.21. The molecule has 0 heterocycles. The van der Waals surface area contributed by atoms with Crippen LogP contribution in [-0.2, 0) is 16.1 Å². The zero-order chi connectivity index (χ0) is 15.1. The Morgan fingerprint density at radius 3 is 2.57 bits per heavy atom. The van der Waals surface area contributed by atoms with Crippen molar-refractivity contribution in [2.75, 3.05) is 7.11 Å². The second-order valence-corrected chi connectivity index (χ2v) is 5.30. The van der Waals surface area contributed by atoms with Crippen LogP contribution >= 0.6 is 0 Å². The first kappa shape index (κ1) is 15.4. The second-order valence-electron chi connectivity index (χ2n) is 5.30. The lowest BCUT2D eigenvalue weighted by Gasteiger charge is -2.22. The molecular weight excluding hydrogens is 268 g/mol. The van der Waals surface area contributed by atoms with E-state index in [1.165, 1.54) is 6.42 Å². The Bertz CT molecular complexity index is 496. The van der Waals surface area contributed by atoms with E-state index in [0.717, 1.165) is 31.2 Å². The van der Waals surface area contributed by atoms with Gasteiger partial charge in [-0.05, 0) is 18.9 Å². The number of amides is 2. The smallest absolute Gasteiger partial charge is 0.309 e. The number of hydrogen-bond donors (Lipinski definition) is 2. The van der Waals surface area contributed by atoms with Gasteiger partial charge < -0.3 is 15.4 Å². The zero-order valence-electron chi connectivity index (χ0n) is 12.4. The predicted octanol–water partition coefficient (Wildman–Crippen LogP) is 1.76. The molecule has 0 spiro atoms. The van der Waals surface area contributed by atoms with Crippen LogP contribution in [0.2, 0.25) is 0 Å². The standard InChI is InChI=1S/C16H22N2O3/c1-21-14-10-6-5-7-12(14)11-17-15(19)16(20)18-13-8-3-2-4-9-13/h5-7,10,13H,2-4,8-9,11H2,1H3,(H,17,19)(H,18,20). The van der Waals surface area contributed by atoms with Crippen molar-refractivity contribution < 1.29 is 14.3 Å². The summed E-state index contributed by atoms with van der Waals surface area (Å²) in [6.45, 7) is 0.279. The number of methoxy groups -OCH3 is 1. The fraction of sp³-hybridized carbons (Fsp3) is 0.500. The van der Waals surface area contributed by atoms with Crippen LogP contribution in [0.5, 0.6) is 5.75 Å². The Labute approximate surface area is 125 Å². The molecular formula is C16H22N2O3. The van der Waals surface area contributed by atoms with Crippen molar-refractivity contribution in [3.63, 3.8) is 0 Å². The molecule has 1 fully saturated rings. The summed E-state index contributed by atoms with van der Waals surface area (Å²) in [5.74, 6) is -0.436. The molecule has 1 saturated carbocycles. The van der Waals surface area contributed by atoms with E-state index in [2.05, 4.69) is 10.6 Å². The number of ether oxygens (including phenoxy) is 1. The summed E-state index contributed by atoms with van der Waals surface area (Å²) in [5, 5.41) is 5.43. The van der Waals surface area contributed by atoms with E-state index in [4.69, 9.17) is 4.74 Å². The molecule has 1 aromatic carbocycles. The third kappa shape index (κ3) is 4.48. The fourth-order valence-corrected chi connectivity index (χ4v) is 2.60. The van der Waals surface area contributed by atoms with Crippen molar-refractivity contribution in [1.82, 2.24) is 10.6 Å². The van der Waals surface area contributed by atoms with Gasteiger partial charge in [-0.1, -0.05) is 37.5 Å². The molecule has 2 N–H and O–H groups in total. The molecule has 1 aromatic rings. The first-order chi connectivity index (χ1) is 10.2. The SMILES string of the molecule is COc1ccccc1CNC(=O)C(=O)NC1CCCCC1. The van der Waals surface area contributed by atoms with Crippen LogP contribution < -0.4 is 15.4 Å². The van der Waals surface area contributed by atoms with Gasteiger partial charge in [0.25, 0.3) is 0 Å². The summed E-state index contributed by atoms with van der Waals surface area (Å²) in [6, 6.07) is 7.55. The molecule has 21 heavy (non-hydrogen) atoms. The monoisotopic (exact) mass is 290 g/mol. The minimum atomic E-state index is -0.591. The highest BCUT2D eigenvalue weighted by Gasteiger charge is 2.20. The summed E-state index contributed by atoms with van der Waals surface area (Å²) in [4.78, 5) is 23.7. The van der Waals surface area contributed by atoms with Crippen molar-refractivity contribution in [3.05, 3.63) is 29.8 Å². The molecule has 0 radical (unpaired) electrons. The van der Waals surface area contributed by atoms with E-state index >= 15 is 0 Å². The van der Waals surface area contributed by atoms with Crippen LogP contribution in [0.4, 0.5) is 0 Å². The molecule has 0 bridgehead atoms. The summed E-state index contributed by atoms with van der Waals surface area (Å²) in [7, 11) is 1.58. The van der Waals surface area contributed by atoms with Gasteiger partial charge in [0.05, 0.1) is 7.11 Å². The third-order valence-corrected chi connectivity index (χ3v) is 3.78. The lowest BCUT2D eigenvalue weighted by atomic mass is 9.95. The van der Waals surface area contributed by atoms with Crippen LogP contribution in [-0.4, -0.2) is 25.0 Å². The second kappa shape index (κ2) is 7.67. The number of rotatable bonds is 4. The lowest BCUT2D eigenvalue weighted by Crippen LogP contribution is -2.45. The van der Waals surface area contributed by atoms with Crippen LogP contribution in [0, 0.1) is 0 Å². The van der Waals surface area contributed by atoms with Crippen molar-refractivity contribution in [2.24, 2.45) is 0 Å². The average molecular weight is 290 g/mol. The zero-order valence-corrected chi connectivity index (χ0v) is 12.4. The molecule has 114 valence electrons. The maximum absolute atomic E-state index is 11.8. The van der Waals surface area contributed by atoms with E-state index < -0.39 is 11.8 Å². The summed E-state index contributed by atoms with van der Waals surface area (Å²) in [5.41, 5.74) is 0.846. The van der Waals surface area contributed by atoms with E-state index in [0.29, 0.717) is 5.75 Å². The Morgan fingerprint density at radius 2 is 1.86 bits per heavy atom. The molecule has 0 saturated heterocycles. The van der Waals surface area contributed by atoms with Gasteiger partial charge in [0.2, 0.25) is 0 Å². The van der Waals surface area contributed by atoms with Gasteiger partial charge in [0.15, 0.2) is 0 Å². The van der Waals surface area contributed by atoms with Gasteiger partial charge in [-0.3, -0.25) is 9.59 Å². The lowest BCUT2D eigenvalue weighted by molar-refractivity contribution is -0.139. The van der Waals surface area contributed by atoms with Gasteiger partial charge in [0.1, 0.15) is 5.75 Å².